The Hall–Kier alpha value is -4.18. The molecule has 0 amide bonds. The van der Waals surface area contributed by atoms with E-state index in [0.717, 1.165) is 27.4 Å². The van der Waals surface area contributed by atoms with Crippen LogP contribution in [0, 0.1) is 13.8 Å². The summed E-state index contributed by atoms with van der Waals surface area (Å²) < 4.78 is 76.8. The van der Waals surface area contributed by atoms with Crippen molar-refractivity contribution in [2.24, 2.45) is 0 Å². The molecule has 2 heterocycles. The Morgan fingerprint density at radius 3 is 2.33 bits per heavy atom. The lowest BCUT2D eigenvalue weighted by atomic mass is 9.97. The number of ether oxygens (including phenoxy) is 1. The molecule has 0 fully saturated rings. The van der Waals surface area contributed by atoms with Crippen LogP contribution in [0.2, 0.25) is 5.02 Å². The Balaban J connectivity index is 1.70. The molecule has 0 aliphatic heterocycles. The first-order valence-corrected chi connectivity index (χ1v) is 11.9. The third-order valence-electron chi connectivity index (χ3n) is 5.87. The molecule has 5 nitrogen and oxygen atoms in total. The van der Waals surface area contributed by atoms with Crippen LogP contribution in [0.3, 0.4) is 0 Å². The highest BCUT2D eigenvalue weighted by atomic mass is 35.5. The van der Waals surface area contributed by atoms with Gasteiger partial charge in [0.15, 0.2) is 17.3 Å². The van der Waals surface area contributed by atoms with Crippen LogP contribution in [0.5, 0.6) is 5.75 Å². The summed E-state index contributed by atoms with van der Waals surface area (Å²) in [5.74, 6) is 0.294. The van der Waals surface area contributed by atoms with E-state index in [2.05, 4.69) is 14.8 Å². The summed E-state index contributed by atoms with van der Waals surface area (Å²) in [5.41, 5.74) is 3.11. The van der Waals surface area contributed by atoms with Gasteiger partial charge in [0.05, 0.1) is 10.7 Å². The van der Waals surface area contributed by atoms with Crippen LogP contribution >= 0.6 is 11.6 Å². The molecule has 0 aliphatic rings. The van der Waals surface area contributed by atoms with Crippen molar-refractivity contribution in [1.29, 1.82) is 0 Å². The maximum Gasteiger partial charge on any atom is 0.435 e. The lowest BCUT2D eigenvalue weighted by molar-refractivity contribution is -0.141. The van der Waals surface area contributed by atoms with E-state index in [4.69, 9.17) is 16.0 Å². The van der Waals surface area contributed by atoms with Crippen molar-refractivity contribution in [2.45, 2.75) is 26.6 Å². The van der Waals surface area contributed by atoms with Crippen molar-refractivity contribution in [3.63, 3.8) is 0 Å². The molecule has 0 saturated carbocycles. The minimum Gasteiger partial charge on any atom is -0.440 e. The van der Waals surface area contributed by atoms with Gasteiger partial charge in [-0.1, -0.05) is 47.5 Å². The Kier molecular flexibility index (Phi) is 6.90. The molecule has 0 aliphatic carbocycles. The number of aromatic nitrogens is 3. The SMILES string of the molecule is Cc1cccc(-c2ccc(-n3ccc(C(F)(F)F)n3)c(-c3nc(C)oc3-c3ccc(OC(F)F)c(Cl)c3)c2)c1. The molecule has 0 unspecified atom stereocenters. The quantitative estimate of drug-likeness (QED) is 0.195. The largest absolute Gasteiger partial charge is 0.440 e. The Morgan fingerprint density at radius 1 is 0.923 bits per heavy atom. The number of halogens is 6. The summed E-state index contributed by atoms with van der Waals surface area (Å²) in [6.45, 7) is 0.507. The van der Waals surface area contributed by atoms with Gasteiger partial charge in [0.25, 0.3) is 0 Å². The zero-order valence-electron chi connectivity index (χ0n) is 20.4. The first-order valence-electron chi connectivity index (χ1n) is 11.6. The topological polar surface area (TPSA) is 53.1 Å². The van der Waals surface area contributed by atoms with Gasteiger partial charge in [0, 0.05) is 24.2 Å². The lowest BCUT2D eigenvalue weighted by Crippen LogP contribution is -2.07. The minimum absolute atomic E-state index is 0.0802. The number of aryl methyl sites for hydroxylation is 2. The highest BCUT2D eigenvalue weighted by Gasteiger charge is 2.34. The molecule has 5 aromatic rings. The van der Waals surface area contributed by atoms with Crippen LogP contribution in [0.4, 0.5) is 22.0 Å². The minimum atomic E-state index is -4.62. The first-order chi connectivity index (χ1) is 18.5. The highest BCUT2D eigenvalue weighted by molar-refractivity contribution is 6.32. The molecule has 3 aromatic carbocycles. The standard InChI is InChI=1S/C28H19ClF5N3O2/c1-15-4-3-5-17(12-15)18-6-8-22(37-11-10-24(36-37)28(32,33)34)20(13-18)25-26(38-16(2)35-25)19-7-9-23(21(29)14-19)39-27(30)31/h3-14,27H,1-2H3. The number of oxazole rings is 1. The normalized spacial score (nSPS) is 11.8. The van der Waals surface area contributed by atoms with Gasteiger partial charge >= 0.3 is 12.8 Å². The number of benzene rings is 3. The lowest BCUT2D eigenvalue weighted by Gasteiger charge is -2.13. The summed E-state index contributed by atoms with van der Waals surface area (Å²) in [7, 11) is 0. The van der Waals surface area contributed by atoms with E-state index in [1.54, 1.807) is 25.1 Å². The smallest absolute Gasteiger partial charge is 0.435 e. The molecule has 200 valence electrons. The summed E-state index contributed by atoms with van der Waals surface area (Å²) in [4.78, 5) is 4.53. The first kappa shape index (κ1) is 26.4. The molecule has 0 saturated heterocycles. The molecule has 0 radical (unpaired) electrons. The van der Waals surface area contributed by atoms with Gasteiger partial charge in [0.2, 0.25) is 0 Å². The third-order valence-corrected chi connectivity index (χ3v) is 6.17. The van der Waals surface area contributed by atoms with Crippen molar-refractivity contribution in [2.75, 3.05) is 0 Å². The van der Waals surface area contributed by atoms with Crippen LogP contribution in [-0.4, -0.2) is 21.4 Å². The van der Waals surface area contributed by atoms with Crippen LogP contribution in [0.25, 0.3) is 39.4 Å². The van der Waals surface area contributed by atoms with Crippen LogP contribution in [-0.2, 0) is 6.18 Å². The molecule has 11 heteroatoms. The Bertz CT molecular complexity index is 1660. The van der Waals surface area contributed by atoms with Gasteiger partial charge in [-0.2, -0.15) is 27.1 Å². The second kappa shape index (κ2) is 10.2. The molecule has 5 rings (SSSR count). The predicted molar refractivity (Wildman–Crippen MR) is 136 cm³/mol. The number of rotatable bonds is 6. The predicted octanol–water partition coefficient (Wildman–Crippen LogP) is 8.75. The fraction of sp³-hybridized carbons (Fsp3) is 0.143. The average molecular weight is 560 g/mol. The second-order valence-electron chi connectivity index (χ2n) is 8.68. The van der Waals surface area contributed by atoms with Crippen molar-refractivity contribution in [3.8, 4) is 45.1 Å². The van der Waals surface area contributed by atoms with Crippen molar-refractivity contribution >= 4 is 11.6 Å². The second-order valence-corrected chi connectivity index (χ2v) is 9.09. The third kappa shape index (κ3) is 5.51. The molecule has 2 aromatic heterocycles. The summed E-state index contributed by atoms with van der Waals surface area (Å²) in [6, 6.07) is 18.0. The number of hydrogen-bond acceptors (Lipinski definition) is 4. The van der Waals surface area contributed by atoms with Gasteiger partial charge < -0.3 is 9.15 Å². The monoisotopic (exact) mass is 559 g/mol. The van der Waals surface area contributed by atoms with E-state index in [1.807, 2.05) is 31.2 Å². The molecular formula is C28H19ClF5N3O2. The van der Waals surface area contributed by atoms with E-state index in [9.17, 15) is 22.0 Å². The maximum atomic E-state index is 13.3. The Morgan fingerprint density at radius 2 is 1.67 bits per heavy atom. The maximum absolute atomic E-state index is 13.3. The van der Waals surface area contributed by atoms with Gasteiger partial charge in [-0.25, -0.2) is 9.67 Å². The van der Waals surface area contributed by atoms with E-state index >= 15 is 0 Å². The Labute approximate surface area is 224 Å². The van der Waals surface area contributed by atoms with E-state index in [-0.39, 0.29) is 22.4 Å². The van der Waals surface area contributed by atoms with E-state index < -0.39 is 18.5 Å². The van der Waals surface area contributed by atoms with Crippen molar-refractivity contribution in [3.05, 3.63) is 95.1 Å². The number of hydrogen-bond donors (Lipinski definition) is 0. The van der Waals surface area contributed by atoms with Crippen LogP contribution in [0.1, 0.15) is 17.1 Å². The number of alkyl halides is 5. The highest BCUT2D eigenvalue weighted by Crippen LogP contribution is 2.40. The molecule has 0 spiro atoms. The summed E-state index contributed by atoms with van der Waals surface area (Å²) in [6.07, 6.45) is -3.41. The fourth-order valence-corrected chi connectivity index (χ4v) is 4.40. The molecular weight excluding hydrogens is 541 g/mol. The van der Waals surface area contributed by atoms with Crippen LogP contribution in [0.15, 0.2) is 77.3 Å². The van der Waals surface area contributed by atoms with Gasteiger partial charge in [0.1, 0.15) is 11.4 Å². The average Bonchev–Trinajstić information content (AvgIpc) is 3.52. The molecule has 39 heavy (non-hydrogen) atoms. The zero-order valence-corrected chi connectivity index (χ0v) is 21.2. The van der Waals surface area contributed by atoms with E-state index in [0.29, 0.717) is 22.5 Å². The van der Waals surface area contributed by atoms with Gasteiger partial charge in [-0.3, -0.25) is 0 Å². The van der Waals surface area contributed by atoms with Gasteiger partial charge in [-0.05, 0) is 54.4 Å². The summed E-state index contributed by atoms with van der Waals surface area (Å²) in [5, 5.41) is 3.66. The summed E-state index contributed by atoms with van der Waals surface area (Å²) >= 11 is 6.18. The van der Waals surface area contributed by atoms with Crippen LogP contribution < -0.4 is 4.74 Å². The van der Waals surface area contributed by atoms with Gasteiger partial charge in [-0.15, -0.1) is 0 Å². The van der Waals surface area contributed by atoms with Crippen molar-refractivity contribution in [1.82, 2.24) is 14.8 Å². The molecule has 0 N–H and O–H groups in total. The molecule has 0 atom stereocenters. The molecule has 0 bridgehead atoms. The van der Waals surface area contributed by atoms with E-state index in [1.165, 1.54) is 24.4 Å². The number of nitrogens with zero attached hydrogens (tertiary/aromatic N) is 3. The zero-order chi connectivity index (χ0) is 27.9. The van der Waals surface area contributed by atoms with Crippen molar-refractivity contribution < 1.29 is 31.1 Å². The fourth-order valence-electron chi connectivity index (χ4n) is 4.18.